The van der Waals surface area contributed by atoms with Gasteiger partial charge in [-0.25, -0.2) is 9.59 Å². The Morgan fingerprint density at radius 3 is 2.08 bits per heavy atom. The normalized spacial score (nSPS) is 19.2. The minimum absolute atomic E-state index is 0.278. The van der Waals surface area contributed by atoms with E-state index in [4.69, 9.17) is 10.2 Å². The van der Waals surface area contributed by atoms with Crippen LogP contribution >= 0.6 is 0 Å². The zero-order chi connectivity index (χ0) is 10.2. The SMILES string of the molecule is CC1(C)N=NC(C(=O)O)=C1C(=O)O. The maximum Gasteiger partial charge on any atom is 0.357 e. The van der Waals surface area contributed by atoms with Crippen molar-refractivity contribution in [3.05, 3.63) is 11.3 Å². The first kappa shape index (κ1) is 9.37. The van der Waals surface area contributed by atoms with Crippen molar-refractivity contribution in [2.75, 3.05) is 0 Å². The number of carboxylic acids is 2. The van der Waals surface area contributed by atoms with Crippen molar-refractivity contribution >= 4 is 11.9 Å². The van der Waals surface area contributed by atoms with Crippen LogP contribution in [0.1, 0.15) is 13.8 Å². The Morgan fingerprint density at radius 2 is 1.77 bits per heavy atom. The second kappa shape index (κ2) is 2.65. The third-order valence-electron chi connectivity index (χ3n) is 1.67. The fourth-order valence-electron chi connectivity index (χ4n) is 1.08. The first-order valence-corrected chi connectivity index (χ1v) is 3.50. The molecule has 0 aliphatic carbocycles. The number of hydrogen-bond donors (Lipinski definition) is 2. The van der Waals surface area contributed by atoms with E-state index >= 15 is 0 Å². The Bertz CT molecular complexity index is 340. The van der Waals surface area contributed by atoms with Gasteiger partial charge in [-0.05, 0) is 13.8 Å². The van der Waals surface area contributed by atoms with Gasteiger partial charge in [0.1, 0.15) is 11.1 Å². The van der Waals surface area contributed by atoms with Crippen molar-refractivity contribution in [2.45, 2.75) is 19.4 Å². The van der Waals surface area contributed by atoms with Gasteiger partial charge in [0, 0.05) is 0 Å². The molecule has 1 aliphatic heterocycles. The van der Waals surface area contributed by atoms with E-state index in [-0.39, 0.29) is 5.57 Å². The standard InChI is InChI=1S/C7H8N2O4/c1-7(2)3(5(10)11)4(6(12)13)8-9-7/h1-2H3,(H,10,11)(H,12,13). The van der Waals surface area contributed by atoms with Crippen molar-refractivity contribution < 1.29 is 19.8 Å². The fraction of sp³-hybridized carbons (Fsp3) is 0.429. The maximum atomic E-state index is 10.7. The van der Waals surface area contributed by atoms with Crippen LogP contribution in [0.15, 0.2) is 21.5 Å². The van der Waals surface area contributed by atoms with Crippen LogP contribution in [-0.2, 0) is 9.59 Å². The summed E-state index contributed by atoms with van der Waals surface area (Å²) in [5, 5.41) is 24.2. The Hall–Kier alpha value is -1.72. The maximum absolute atomic E-state index is 10.7. The monoisotopic (exact) mass is 184 g/mol. The van der Waals surface area contributed by atoms with Crippen molar-refractivity contribution in [1.82, 2.24) is 0 Å². The lowest BCUT2D eigenvalue weighted by molar-refractivity contribution is -0.136. The van der Waals surface area contributed by atoms with Gasteiger partial charge in [0.25, 0.3) is 0 Å². The van der Waals surface area contributed by atoms with Crippen molar-refractivity contribution in [1.29, 1.82) is 0 Å². The lowest BCUT2D eigenvalue weighted by atomic mass is 9.94. The highest BCUT2D eigenvalue weighted by Gasteiger charge is 2.39. The summed E-state index contributed by atoms with van der Waals surface area (Å²) < 4.78 is 0. The Morgan fingerprint density at radius 1 is 1.23 bits per heavy atom. The number of rotatable bonds is 2. The van der Waals surface area contributed by atoms with Crippen LogP contribution in [0.2, 0.25) is 0 Å². The zero-order valence-corrected chi connectivity index (χ0v) is 7.11. The van der Waals surface area contributed by atoms with E-state index < -0.39 is 23.2 Å². The smallest absolute Gasteiger partial charge is 0.357 e. The van der Waals surface area contributed by atoms with E-state index in [2.05, 4.69) is 10.2 Å². The molecule has 0 bridgehead atoms. The summed E-state index contributed by atoms with van der Waals surface area (Å²) in [6.07, 6.45) is 0. The summed E-state index contributed by atoms with van der Waals surface area (Å²) in [5.41, 5.74) is -1.82. The molecular formula is C7H8N2O4. The number of carbonyl (C=O) groups is 2. The van der Waals surface area contributed by atoms with E-state index in [0.717, 1.165) is 0 Å². The number of hydrogen-bond acceptors (Lipinski definition) is 4. The fourth-order valence-corrected chi connectivity index (χ4v) is 1.08. The molecule has 0 amide bonds. The highest BCUT2D eigenvalue weighted by molar-refractivity contribution is 6.00. The van der Waals surface area contributed by atoms with Crippen LogP contribution in [0.3, 0.4) is 0 Å². The topological polar surface area (TPSA) is 99.3 Å². The molecule has 1 heterocycles. The molecule has 1 rings (SSSR count). The summed E-state index contributed by atoms with van der Waals surface area (Å²) in [5.74, 6) is -2.67. The largest absolute Gasteiger partial charge is 0.478 e. The van der Waals surface area contributed by atoms with Gasteiger partial charge in [0.15, 0.2) is 5.70 Å². The second-order valence-electron chi connectivity index (χ2n) is 3.09. The van der Waals surface area contributed by atoms with Gasteiger partial charge in [-0.2, -0.15) is 5.11 Å². The first-order chi connectivity index (χ1) is 5.86. The Kier molecular flexibility index (Phi) is 1.91. The molecule has 0 radical (unpaired) electrons. The summed E-state index contributed by atoms with van der Waals surface area (Å²) in [4.78, 5) is 21.2. The highest BCUT2D eigenvalue weighted by Crippen LogP contribution is 2.31. The summed E-state index contributed by atoms with van der Waals surface area (Å²) in [6.45, 7) is 2.99. The number of aliphatic carboxylic acids is 2. The molecule has 0 saturated heterocycles. The summed E-state index contributed by atoms with van der Waals surface area (Å²) in [6, 6.07) is 0. The van der Waals surface area contributed by atoms with Crippen LogP contribution in [0.25, 0.3) is 0 Å². The molecule has 0 unspecified atom stereocenters. The van der Waals surface area contributed by atoms with E-state index in [1.807, 2.05) is 0 Å². The molecule has 0 aromatic carbocycles. The van der Waals surface area contributed by atoms with E-state index in [1.165, 1.54) is 13.8 Å². The second-order valence-corrected chi connectivity index (χ2v) is 3.09. The predicted octanol–water partition coefficient (Wildman–Crippen LogP) is 0.654. The van der Waals surface area contributed by atoms with Crippen molar-refractivity contribution in [3.63, 3.8) is 0 Å². The minimum Gasteiger partial charge on any atom is -0.478 e. The lowest BCUT2D eigenvalue weighted by Gasteiger charge is -2.13. The third-order valence-corrected chi connectivity index (χ3v) is 1.67. The van der Waals surface area contributed by atoms with Crippen LogP contribution in [0.5, 0.6) is 0 Å². The molecule has 0 atom stereocenters. The lowest BCUT2D eigenvalue weighted by Crippen LogP contribution is -2.25. The molecule has 0 saturated carbocycles. The van der Waals surface area contributed by atoms with Crippen LogP contribution in [-0.4, -0.2) is 27.7 Å². The molecule has 6 nitrogen and oxygen atoms in total. The molecular weight excluding hydrogens is 176 g/mol. The third kappa shape index (κ3) is 1.42. The van der Waals surface area contributed by atoms with Gasteiger partial charge in [-0.1, -0.05) is 0 Å². The molecule has 0 aromatic rings. The van der Waals surface area contributed by atoms with Crippen LogP contribution < -0.4 is 0 Å². The molecule has 0 fully saturated rings. The number of carboxylic acid groups (broad SMARTS) is 2. The van der Waals surface area contributed by atoms with Gasteiger partial charge >= 0.3 is 11.9 Å². The molecule has 2 N–H and O–H groups in total. The Balaban J connectivity index is 3.28. The molecule has 0 aromatic heterocycles. The van der Waals surface area contributed by atoms with Gasteiger partial charge < -0.3 is 10.2 Å². The van der Waals surface area contributed by atoms with E-state index in [9.17, 15) is 9.59 Å². The van der Waals surface area contributed by atoms with Crippen molar-refractivity contribution in [2.24, 2.45) is 10.2 Å². The number of nitrogens with zero attached hydrogens (tertiary/aromatic N) is 2. The van der Waals surface area contributed by atoms with Crippen LogP contribution in [0, 0.1) is 0 Å². The average molecular weight is 184 g/mol. The zero-order valence-electron chi connectivity index (χ0n) is 7.11. The van der Waals surface area contributed by atoms with Gasteiger partial charge in [0.05, 0.1) is 0 Å². The molecule has 1 aliphatic rings. The highest BCUT2D eigenvalue weighted by atomic mass is 16.4. The summed E-state index contributed by atoms with van der Waals surface area (Å²) in [7, 11) is 0. The van der Waals surface area contributed by atoms with Gasteiger partial charge in [-0.3, -0.25) is 0 Å². The van der Waals surface area contributed by atoms with Crippen molar-refractivity contribution in [3.8, 4) is 0 Å². The molecule has 0 spiro atoms. The van der Waals surface area contributed by atoms with Gasteiger partial charge in [0.2, 0.25) is 0 Å². The average Bonchev–Trinajstić information content (AvgIpc) is 2.24. The molecule has 6 heteroatoms. The first-order valence-electron chi connectivity index (χ1n) is 3.50. The van der Waals surface area contributed by atoms with Crippen LogP contribution in [0.4, 0.5) is 0 Å². The Labute approximate surface area is 73.6 Å². The quantitative estimate of drug-likeness (QED) is 0.658. The predicted molar refractivity (Wildman–Crippen MR) is 41.2 cm³/mol. The van der Waals surface area contributed by atoms with Gasteiger partial charge in [-0.15, -0.1) is 5.11 Å². The summed E-state index contributed by atoms with van der Waals surface area (Å²) >= 11 is 0. The van der Waals surface area contributed by atoms with E-state index in [1.54, 1.807) is 0 Å². The van der Waals surface area contributed by atoms with E-state index in [0.29, 0.717) is 0 Å². The minimum atomic E-state index is -1.37. The number of azo groups is 1. The molecule has 13 heavy (non-hydrogen) atoms. The molecule has 70 valence electrons.